The van der Waals surface area contributed by atoms with Crippen molar-refractivity contribution in [1.29, 1.82) is 0 Å². The molecule has 5 nitrogen and oxygen atoms in total. The molecular weight excluding hydrogens is 196 g/mol. The van der Waals surface area contributed by atoms with Gasteiger partial charge in [-0.2, -0.15) is 0 Å². The summed E-state index contributed by atoms with van der Waals surface area (Å²) in [6.45, 7) is 5.53. The molecule has 0 bridgehead atoms. The van der Waals surface area contributed by atoms with Gasteiger partial charge in [-0.1, -0.05) is 20.8 Å². The maximum absolute atomic E-state index is 11.5. The maximum Gasteiger partial charge on any atom is 0.305 e. The first-order valence-corrected chi connectivity index (χ1v) is 5.16. The fourth-order valence-corrected chi connectivity index (χ4v) is 1.11. The summed E-state index contributed by atoms with van der Waals surface area (Å²) in [5.41, 5.74) is 5.63. The lowest BCUT2D eigenvalue weighted by atomic mass is 10.0. The van der Waals surface area contributed by atoms with Gasteiger partial charge in [-0.15, -0.1) is 0 Å². The number of nitrogens with two attached hydrogens (primary N) is 1. The molecule has 2 atom stereocenters. The van der Waals surface area contributed by atoms with E-state index in [1.54, 1.807) is 0 Å². The van der Waals surface area contributed by atoms with Crippen molar-refractivity contribution in [3.63, 3.8) is 0 Å². The van der Waals surface area contributed by atoms with Gasteiger partial charge in [0.15, 0.2) is 0 Å². The molecule has 0 aromatic carbocycles. The van der Waals surface area contributed by atoms with E-state index in [1.807, 2.05) is 20.8 Å². The summed E-state index contributed by atoms with van der Waals surface area (Å²) < 4.78 is 0. The molecule has 0 rings (SSSR count). The summed E-state index contributed by atoms with van der Waals surface area (Å²) in [7, 11) is 0. The first-order chi connectivity index (χ1) is 6.88. The molecule has 0 radical (unpaired) electrons. The standard InChI is InChI=1S/C10H20N2O3/c1-4-7(5-8(13)14)12-10(15)9(11)6(2)3/h6-7,9H,4-5,11H2,1-3H3,(H,12,15)(H,13,14)/t7?,9-/m0/s1. The fraction of sp³-hybridized carbons (Fsp3) is 0.800. The van der Waals surface area contributed by atoms with Crippen LogP contribution in [0.25, 0.3) is 0 Å². The average molecular weight is 216 g/mol. The molecule has 0 aliphatic carbocycles. The Balaban J connectivity index is 4.18. The lowest BCUT2D eigenvalue weighted by Crippen LogP contribution is -2.48. The van der Waals surface area contributed by atoms with Gasteiger partial charge in [-0.25, -0.2) is 0 Å². The topological polar surface area (TPSA) is 92.4 Å². The van der Waals surface area contributed by atoms with E-state index in [2.05, 4.69) is 5.32 Å². The minimum absolute atomic E-state index is 0.0485. The van der Waals surface area contributed by atoms with E-state index in [9.17, 15) is 9.59 Å². The number of aliphatic carboxylic acids is 1. The number of hydrogen-bond donors (Lipinski definition) is 3. The van der Waals surface area contributed by atoms with Crippen molar-refractivity contribution < 1.29 is 14.7 Å². The van der Waals surface area contributed by atoms with Gasteiger partial charge in [0.1, 0.15) is 0 Å². The third-order valence-corrected chi connectivity index (χ3v) is 2.28. The number of amides is 1. The van der Waals surface area contributed by atoms with E-state index in [0.29, 0.717) is 6.42 Å². The van der Waals surface area contributed by atoms with Crippen LogP contribution >= 0.6 is 0 Å². The quantitative estimate of drug-likeness (QED) is 0.597. The molecule has 0 aromatic rings. The highest BCUT2D eigenvalue weighted by molar-refractivity contribution is 5.82. The summed E-state index contributed by atoms with van der Waals surface area (Å²) in [4.78, 5) is 22.0. The first-order valence-electron chi connectivity index (χ1n) is 5.16. The molecule has 1 amide bonds. The Morgan fingerprint density at radius 3 is 2.27 bits per heavy atom. The molecule has 0 saturated heterocycles. The highest BCUT2D eigenvalue weighted by Gasteiger charge is 2.20. The van der Waals surface area contributed by atoms with E-state index in [-0.39, 0.29) is 24.3 Å². The molecule has 0 saturated carbocycles. The van der Waals surface area contributed by atoms with Crippen LogP contribution in [-0.4, -0.2) is 29.1 Å². The van der Waals surface area contributed by atoms with Crippen LogP contribution < -0.4 is 11.1 Å². The van der Waals surface area contributed by atoms with E-state index >= 15 is 0 Å². The molecule has 1 unspecified atom stereocenters. The number of carboxylic acids is 1. The van der Waals surface area contributed by atoms with Crippen LogP contribution in [0.15, 0.2) is 0 Å². The summed E-state index contributed by atoms with van der Waals surface area (Å²) in [6.07, 6.45) is 0.524. The highest BCUT2D eigenvalue weighted by atomic mass is 16.4. The largest absolute Gasteiger partial charge is 0.481 e. The third-order valence-electron chi connectivity index (χ3n) is 2.28. The van der Waals surface area contributed by atoms with Crippen molar-refractivity contribution in [2.45, 2.75) is 45.7 Å². The molecule has 0 aromatic heterocycles. The van der Waals surface area contributed by atoms with E-state index in [4.69, 9.17) is 10.8 Å². The number of hydrogen-bond acceptors (Lipinski definition) is 3. The molecule has 15 heavy (non-hydrogen) atoms. The van der Waals surface area contributed by atoms with E-state index < -0.39 is 12.0 Å². The van der Waals surface area contributed by atoms with Crippen molar-refractivity contribution in [3.05, 3.63) is 0 Å². The normalized spacial score (nSPS) is 14.7. The van der Waals surface area contributed by atoms with Gasteiger partial charge < -0.3 is 16.2 Å². The van der Waals surface area contributed by atoms with E-state index in [1.165, 1.54) is 0 Å². The molecule has 0 fully saturated rings. The predicted molar refractivity (Wildman–Crippen MR) is 57.3 cm³/mol. The Kier molecular flexibility index (Phi) is 5.93. The lowest BCUT2D eigenvalue weighted by Gasteiger charge is -2.20. The minimum atomic E-state index is -0.916. The fourth-order valence-electron chi connectivity index (χ4n) is 1.11. The molecular formula is C10H20N2O3. The molecule has 0 aliphatic rings. The summed E-state index contributed by atoms with van der Waals surface area (Å²) >= 11 is 0. The highest BCUT2D eigenvalue weighted by Crippen LogP contribution is 2.02. The Morgan fingerprint density at radius 1 is 1.40 bits per heavy atom. The predicted octanol–water partition coefficient (Wildman–Crippen LogP) is 0.339. The summed E-state index contributed by atoms with van der Waals surface area (Å²) in [5, 5.41) is 11.2. The number of carbonyl (C=O) groups is 2. The van der Waals surface area contributed by atoms with Crippen molar-refractivity contribution in [2.75, 3.05) is 0 Å². The second-order valence-electron chi connectivity index (χ2n) is 3.98. The lowest BCUT2D eigenvalue weighted by molar-refractivity contribution is -0.137. The van der Waals surface area contributed by atoms with Crippen LogP contribution in [0.5, 0.6) is 0 Å². The van der Waals surface area contributed by atoms with Crippen LogP contribution in [0, 0.1) is 5.92 Å². The Morgan fingerprint density at radius 2 is 1.93 bits per heavy atom. The molecule has 0 heterocycles. The van der Waals surface area contributed by atoms with Crippen LogP contribution in [0.1, 0.15) is 33.6 Å². The second kappa shape index (κ2) is 6.40. The zero-order chi connectivity index (χ0) is 12.0. The van der Waals surface area contributed by atoms with Gasteiger partial charge in [0.05, 0.1) is 12.5 Å². The molecule has 5 heteroatoms. The van der Waals surface area contributed by atoms with Crippen LogP contribution in [0.4, 0.5) is 0 Å². The molecule has 0 aliphatic heterocycles. The monoisotopic (exact) mass is 216 g/mol. The van der Waals surface area contributed by atoms with Crippen molar-refractivity contribution >= 4 is 11.9 Å². The number of carboxylic acid groups (broad SMARTS) is 1. The third kappa shape index (κ3) is 5.37. The van der Waals surface area contributed by atoms with Gasteiger partial charge in [-0.3, -0.25) is 9.59 Å². The maximum atomic E-state index is 11.5. The Bertz CT molecular complexity index is 229. The van der Waals surface area contributed by atoms with Crippen LogP contribution in [0.3, 0.4) is 0 Å². The number of nitrogens with one attached hydrogen (secondary N) is 1. The molecule has 0 spiro atoms. The minimum Gasteiger partial charge on any atom is -0.481 e. The summed E-state index contributed by atoms with van der Waals surface area (Å²) in [6, 6.07) is -0.910. The smallest absolute Gasteiger partial charge is 0.305 e. The van der Waals surface area contributed by atoms with Crippen molar-refractivity contribution in [1.82, 2.24) is 5.32 Å². The molecule has 88 valence electrons. The average Bonchev–Trinajstić information content (AvgIpc) is 2.14. The number of rotatable bonds is 6. The van der Waals surface area contributed by atoms with Gasteiger partial charge in [-0.05, 0) is 12.3 Å². The van der Waals surface area contributed by atoms with Crippen LogP contribution in [0.2, 0.25) is 0 Å². The zero-order valence-electron chi connectivity index (χ0n) is 9.49. The first kappa shape index (κ1) is 13.9. The van der Waals surface area contributed by atoms with Crippen molar-refractivity contribution in [3.8, 4) is 0 Å². The van der Waals surface area contributed by atoms with Gasteiger partial charge in [0.2, 0.25) is 5.91 Å². The molecule has 4 N–H and O–H groups in total. The SMILES string of the molecule is CCC(CC(=O)O)NC(=O)[C@@H](N)C(C)C. The van der Waals surface area contributed by atoms with Gasteiger partial charge in [0.25, 0.3) is 0 Å². The number of carbonyl (C=O) groups excluding carboxylic acids is 1. The van der Waals surface area contributed by atoms with Gasteiger partial charge >= 0.3 is 5.97 Å². The zero-order valence-corrected chi connectivity index (χ0v) is 9.49. The van der Waals surface area contributed by atoms with Crippen LogP contribution in [-0.2, 0) is 9.59 Å². The van der Waals surface area contributed by atoms with Crippen molar-refractivity contribution in [2.24, 2.45) is 11.7 Å². The Hall–Kier alpha value is -1.10. The summed E-state index contributed by atoms with van der Waals surface area (Å²) in [5.74, 6) is -1.15. The second-order valence-corrected chi connectivity index (χ2v) is 3.98. The Labute approximate surface area is 90.0 Å². The van der Waals surface area contributed by atoms with E-state index in [0.717, 1.165) is 0 Å². The van der Waals surface area contributed by atoms with Gasteiger partial charge in [0, 0.05) is 6.04 Å².